The standard InChI is InChI=1S/C26H40N4O3/c31-24(19-21-7-16-32-17-8-21)28-23-3-1-20(2-4-23)6-11-29-12-14-30(15-13-29)26-25-22(5-10-27-26)9-18-33-25/h5,10,20-21,23H,1-4,6-9,11-19H2,(H,28,31)/t20-,23-. The second kappa shape index (κ2) is 11.0. The van der Waals surface area contributed by atoms with Crippen LogP contribution in [0.25, 0.3) is 0 Å². The minimum absolute atomic E-state index is 0.257. The van der Waals surface area contributed by atoms with Gasteiger partial charge in [0.1, 0.15) is 0 Å². The molecule has 3 aliphatic heterocycles. The number of pyridine rings is 1. The summed E-state index contributed by atoms with van der Waals surface area (Å²) in [6, 6.07) is 2.48. The molecule has 4 aliphatic rings. The molecular weight excluding hydrogens is 416 g/mol. The third-order valence-corrected chi connectivity index (χ3v) is 8.14. The number of carbonyl (C=O) groups is 1. The van der Waals surface area contributed by atoms with Crippen LogP contribution in [0.3, 0.4) is 0 Å². The van der Waals surface area contributed by atoms with E-state index in [1.807, 2.05) is 6.20 Å². The molecule has 33 heavy (non-hydrogen) atoms. The van der Waals surface area contributed by atoms with Crippen LogP contribution in [-0.2, 0) is 16.0 Å². The van der Waals surface area contributed by atoms with Gasteiger partial charge in [0.25, 0.3) is 0 Å². The van der Waals surface area contributed by atoms with E-state index in [-0.39, 0.29) is 5.91 Å². The lowest BCUT2D eigenvalue weighted by atomic mass is 9.83. The summed E-state index contributed by atoms with van der Waals surface area (Å²) in [5, 5.41) is 3.32. The Morgan fingerprint density at radius 2 is 1.79 bits per heavy atom. The fourth-order valence-electron chi connectivity index (χ4n) is 5.96. The number of hydrogen-bond donors (Lipinski definition) is 1. The Hall–Kier alpha value is -1.86. The molecule has 0 atom stereocenters. The van der Waals surface area contributed by atoms with E-state index in [9.17, 15) is 4.79 Å². The summed E-state index contributed by atoms with van der Waals surface area (Å²) in [5.41, 5.74) is 1.30. The summed E-state index contributed by atoms with van der Waals surface area (Å²) < 4.78 is 11.3. The fourth-order valence-corrected chi connectivity index (χ4v) is 5.96. The van der Waals surface area contributed by atoms with Gasteiger partial charge >= 0.3 is 0 Å². The fraction of sp³-hybridized carbons (Fsp3) is 0.769. The van der Waals surface area contributed by atoms with E-state index in [0.29, 0.717) is 18.4 Å². The lowest BCUT2D eigenvalue weighted by Crippen LogP contribution is -2.47. The number of nitrogens with zero attached hydrogens (tertiary/aromatic N) is 3. The molecule has 5 rings (SSSR count). The minimum Gasteiger partial charge on any atom is -0.489 e. The van der Waals surface area contributed by atoms with Gasteiger partial charge in [-0.2, -0.15) is 0 Å². The lowest BCUT2D eigenvalue weighted by Gasteiger charge is -2.37. The maximum Gasteiger partial charge on any atom is 0.220 e. The molecule has 1 aliphatic carbocycles. The van der Waals surface area contributed by atoms with E-state index in [4.69, 9.17) is 9.47 Å². The molecule has 1 aromatic heterocycles. The summed E-state index contributed by atoms with van der Waals surface area (Å²) >= 11 is 0. The van der Waals surface area contributed by atoms with Crippen LogP contribution in [0.5, 0.6) is 5.75 Å². The smallest absolute Gasteiger partial charge is 0.220 e. The van der Waals surface area contributed by atoms with Crippen molar-refractivity contribution in [1.82, 2.24) is 15.2 Å². The molecule has 1 N–H and O–H groups in total. The average molecular weight is 457 g/mol. The van der Waals surface area contributed by atoms with Crippen molar-refractivity contribution in [2.24, 2.45) is 11.8 Å². The second-order valence-corrected chi connectivity index (χ2v) is 10.4. The molecule has 2 saturated heterocycles. The molecule has 1 aromatic rings. The lowest BCUT2D eigenvalue weighted by molar-refractivity contribution is -0.123. The largest absolute Gasteiger partial charge is 0.489 e. The molecule has 4 heterocycles. The van der Waals surface area contributed by atoms with Gasteiger partial charge in [0.15, 0.2) is 11.6 Å². The zero-order chi connectivity index (χ0) is 22.5. The summed E-state index contributed by atoms with van der Waals surface area (Å²) in [7, 11) is 0. The molecule has 0 unspecified atom stereocenters. The van der Waals surface area contributed by atoms with Gasteiger partial charge in [0.05, 0.1) is 6.61 Å². The van der Waals surface area contributed by atoms with Crippen LogP contribution in [-0.4, -0.2) is 74.4 Å². The zero-order valence-corrected chi connectivity index (χ0v) is 20.0. The maximum atomic E-state index is 12.4. The van der Waals surface area contributed by atoms with Gasteiger partial charge in [-0.3, -0.25) is 9.69 Å². The first-order chi connectivity index (χ1) is 16.2. The third-order valence-electron chi connectivity index (χ3n) is 8.14. The number of piperazine rings is 1. The third kappa shape index (κ3) is 5.99. The predicted molar refractivity (Wildman–Crippen MR) is 129 cm³/mol. The van der Waals surface area contributed by atoms with Crippen LogP contribution in [0.4, 0.5) is 5.82 Å². The summed E-state index contributed by atoms with van der Waals surface area (Å²) in [4.78, 5) is 22.0. The molecule has 1 amide bonds. The van der Waals surface area contributed by atoms with Crippen molar-refractivity contribution in [1.29, 1.82) is 0 Å². The molecular formula is C26H40N4O3. The van der Waals surface area contributed by atoms with Crippen LogP contribution in [0.1, 0.15) is 56.9 Å². The number of anilines is 1. The van der Waals surface area contributed by atoms with Crippen LogP contribution in [0, 0.1) is 11.8 Å². The van der Waals surface area contributed by atoms with Crippen molar-refractivity contribution in [3.05, 3.63) is 17.8 Å². The predicted octanol–water partition coefficient (Wildman–Crippen LogP) is 3.02. The zero-order valence-electron chi connectivity index (χ0n) is 20.0. The van der Waals surface area contributed by atoms with Crippen molar-refractivity contribution in [3.63, 3.8) is 0 Å². The van der Waals surface area contributed by atoms with Gasteiger partial charge < -0.3 is 19.7 Å². The van der Waals surface area contributed by atoms with Crippen LogP contribution < -0.4 is 15.0 Å². The van der Waals surface area contributed by atoms with E-state index in [2.05, 4.69) is 26.2 Å². The van der Waals surface area contributed by atoms with Gasteiger partial charge in [-0.05, 0) is 69.4 Å². The Bertz CT molecular complexity index is 782. The molecule has 3 fully saturated rings. The van der Waals surface area contributed by atoms with E-state index in [1.54, 1.807) is 0 Å². The molecule has 0 spiro atoms. The molecule has 0 radical (unpaired) electrons. The molecule has 0 aromatic carbocycles. The van der Waals surface area contributed by atoms with Crippen molar-refractivity contribution in [3.8, 4) is 5.75 Å². The average Bonchev–Trinajstić information content (AvgIpc) is 3.34. The monoisotopic (exact) mass is 456 g/mol. The SMILES string of the molecule is O=C(CC1CCOCC1)N[C@H]1CC[C@H](CCN2CCN(c3nccc4c3OCC4)CC2)CC1. The van der Waals surface area contributed by atoms with E-state index < -0.39 is 0 Å². The van der Waals surface area contributed by atoms with Gasteiger partial charge in [-0.25, -0.2) is 4.98 Å². The highest BCUT2D eigenvalue weighted by atomic mass is 16.5. The molecule has 1 saturated carbocycles. The van der Waals surface area contributed by atoms with Gasteiger partial charge in [-0.15, -0.1) is 0 Å². The molecule has 7 nitrogen and oxygen atoms in total. The molecule has 0 bridgehead atoms. The Kier molecular flexibility index (Phi) is 7.67. The Balaban J connectivity index is 0.980. The number of carbonyl (C=O) groups excluding carboxylic acids is 1. The normalized spacial score (nSPS) is 26.6. The van der Waals surface area contributed by atoms with Gasteiger partial charge in [0, 0.05) is 70.0 Å². The number of rotatable bonds is 7. The van der Waals surface area contributed by atoms with E-state index in [0.717, 1.165) is 95.6 Å². The number of fused-ring (bicyclic) bond motifs is 1. The Labute approximate surface area is 198 Å². The number of ether oxygens (including phenoxy) is 2. The van der Waals surface area contributed by atoms with Crippen molar-refractivity contribution in [2.75, 3.05) is 57.4 Å². The highest BCUT2D eigenvalue weighted by Gasteiger charge is 2.27. The quantitative estimate of drug-likeness (QED) is 0.680. The molecule has 182 valence electrons. The van der Waals surface area contributed by atoms with Crippen molar-refractivity contribution >= 4 is 11.7 Å². The van der Waals surface area contributed by atoms with Crippen LogP contribution in [0.2, 0.25) is 0 Å². The van der Waals surface area contributed by atoms with Gasteiger partial charge in [0.2, 0.25) is 5.91 Å². The highest BCUT2D eigenvalue weighted by molar-refractivity contribution is 5.76. The summed E-state index contributed by atoms with van der Waals surface area (Å²) in [6.07, 6.45) is 11.8. The van der Waals surface area contributed by atoms with Crippen LogP contribution in [0.15, 0.2) is 12.3 Å². The first-order valence-electron chi connectivity index (χ1n) is 13.2. The molecule has 7 heteroatoms. The number of aromatic nitrogens is 1. The van der Waals surface area contributed by atoms with Crippen molar-refractivity contribution in [2.45, 2.75) is 63.8 Å². The van der Waals surface area contributed by atoms with E-state index in [1.165, 1.54) is 31.4 Å². The Morgan fingerprint density at radius 3 is 2.58 bits per heavy atom. The summed E-state index contributed by atoms with van der Waals surface area (Å²) in [5.74, 6) is 3.64. The second-order valence-electron chi connectivity index (χ2n) is 10.4. The first-order valence-corrected chi connectivity index (χ1v) is 13.2. The highest BCUT2D eigenvalue weighted by Crippen LogP contribution is 2.34. The maximum absolute atomic E-state index is 12.4. The minimum atomic E-state index is 0.257. The Morgan fingerprint density at radius 1 is 1.00 bits per heavy atom. The number of amides is 1. The van der Waals surface area contributed by atoms with Crippen molar-refractivity contribution < 1.29 is 14.3 Å². The first kappa shape index (κ1) is 22.9. The van der Waals surface area contributed by atoms with Gasteiger partial charge in [-0.1, -0.05) is 0 Å². The topological polar surface area (TPSA) is 66.9 Å². The number of hydrogen-bond acceptors (Lipinski definition) is 6. The summed E-state index contributed by atoms with van der Waals surface area (Å²) in [6.45, 7) is 7.87. The van der Waals surface area contributed by atoms with E-state index >= 15 is 0 Å². The van der Waals surface area contributed by atoms with Crippen LogP contribution >= 0.6 is 0 Å². The number of nitrogens with one attached hydrogen (secondary N) is 1.